The van der Waals surface area contributed by atoms with Gasteiger partial charge in [-0.25, -0.2) is 9.78 Å². The number of esters is 1. The Kier molecular flexibility index (Phi) is 7.41. The Morgan fingerprint density at radius 3 is 2.60 bits per heavy atom. The van der Waals surface area contributed by atoms with Crippen molar-refractivity contribution in [3.05, 3.63) is 53.2 Å². The predicted molar refractivity (Wildman–Crippen MR) is 118 cm³/mol. The van der Waals surface area contributed by atoms with Gasteiger partial charge in [0.25, 0.3) is 0 Å². The molecule has 2 heterocycles. The van der Waals surface area contributed by atoms with E-state index >= 15 is 0 Å². The number of anilines is 2. The van der Waals surface area contributed by atoms with Crippen LogP contribution in [-0.4, -0.2) is 61.1 Å². The van der Waals surface area contributed by atoms with E-state index in [9.17, 15) is 9.59 Å². The summed E-state index contributed by atoms with van der Waals surface area (Å²) in [6, 6.07) is 9.57. The number of rotatable bonds is 6. The number of carbonyl (C=O) groups is 2. The molecule has 1 aliphatic heterocycles. The lowest BCUT2D eigenvalue weighted by Gasteiger charge is -2.22. The van der Waals surface area contributed by atoms with Gasteiger partial charge >= 0.3 is 5.97 Å². The molecule has 0 atom stereocenters. The molecule has 0 radical (unpaired) electrons. The van der Waals surface area contributed by atoms with Crippen molar-refractivity contribution in [3.63, 3.8) is 0 Å². The van der Waals surface area contributed by atoms with E-state index in [2.05, 4.69) is 27.0 Å². The molecule has 0 saturated carbocycles. The molecule has 1 aromatic heterocycles. The monoisotopic (exact) mass is 410 g/mol. The highest BCUT2D eigenvalue weighted by Crippen LogP contribution is 2.16. The molecule has 1 N–H and O–H groups in total. The number of carbonyl (C=O) groups excluding carboxylic acids is 2. The third kappa shape index (κ3) is 5.79. The van der Waals surface area contributed by atoms with Gasteiger partial charge < -0.3 is 15.0 Å². The number of nitrogens with zero attached hydrogens (tertiary/aromatic N) is 3. The molecule has 1 amide bonds. The lowest BCUT2D eigenvalue weighted by molar-refractivity contribution is -0.117. The Bertz CT molecular complexity index is 883. The van der Waals surface area contributed by atoms with Crippen LogP contribution in [0.1, 0.15) is 34.8 Å². The van der Waals surface area contributed by atoms with Gasteiger partial charge in [-0.2, -0.15) is 0 Å². The van der Waals surface area contributed by atoms with Crippen molar-refractivity contribution in [3.8, 4) is 0 Å². The predicted octanol–water partition coefficient (Wildman–Crippen LogP) is 3.03. The minimum absolute atomic E-state index is 0.00335. The Balaban J connectivity index is 1.52. The fourth-order valence-corrected chi connectivity index (χ4v) is 3.49. The number of ether oxygens (including phenoxy) is 1. The van der Waals surface area contributed by atoms with Crippen LogP contribution in [0, 0.1) is 13.8 Å². The molecule has 7 heteroatoms. The SMILES string of the molecule is CCOC(=O)c1ccc(N2CCCN(CC(=O)Nc3ccc(C)c(C)c3)CC2)nc1. The molecular weight excluding hydrogens is 380 g/mol. The number of nitrogens with one attached hydrogen (secondary N) is 1. The first kappa shape index (κ1) is 21.8. The highest BCUT2D eigenvalue weighted by molar-refractivity contribution is 5.92. The van der Waals surface area contributed by atoms with Gasteiger partial charge in [0.1, 0.15) is 5.82 Å². The van der Waals surface area contributed by atoms with Crippen molar-refractivity contribution in [1.82, 2.24) is 9.88 Å². The van der Waals surface area contributed by atoms with E-state index in [1.54, 1.807) is 19.2 Å². The summed E-state index contributed by atoms with van der Waals surface area (Å²) in [6.07, 6.45) is 2.51. The quantitative estimate of drug-likeness (QED) is 0.738. The second-order valence-electron chi connectivity index (χ2n) is 7.59. The Morgan fingerprint density at radius 2 is 1.90 bits per heavy atom. The normalized spacial score (nSPS) is 14.8. The van der Waals surface area contributed by atoms with Crippen molar-refractivity contribution in [2.75, 3.05) is 49.5 Å². The highest BCUT2D eigenvalue weighted by Gasteiger charge is 2.18. The van der Waals surface area contributed by atoms with Crippen molar-refractivity contribution in [2.24, 2.45) is 0 Å². The van der Waals surface area contributed by atoms with E-state index in [0.717, 1.165) is 44.1 Å². The van der Waals surface area contributed by atoms with E-state index in [4.69, 9.17) is 4.74 Å². The molecule has 1 aromatic carbocycles. The molecular formula is C23H30N4O3. The first-order valence-corrected chi connectivity index (χ1v) is 10.4. The summed E-state index contributed by atoms with van der Waals surface area (Å²) in [5, 5.41) is 3.00. The first-order valence-electron chi connectivity index (χ1n) is 10.4. The van der Waals surface area contributed by atoms with E-state index in [-0.39, 0.29) is 11.9 Å². The Labute approximate surface area is 178 Å². The molecule has 1 saturated heterocycles. The van der Waals surface area contributed by atoms with Crippen molar-refractivity contribution >= 4 is 23.4 Å². The van der Waals surface area contributed by atoms with Gasteiger partial charge in [0.05, 0.1) is 18.7 Å². The maximum Gasteiger partial charge on any atom is 0.339 e. The molecule has 2 aromatic rings. The van der Waals surface area contributed by atoms with E-state index in [1.807, 2.05) is 31.2 Å². The van der Waals surface area contributed by atoms with Crippen molar-refractivity contribution < 1.29 is 14.3 Å². The second-order valence-corrected chi connectivity index (χ2v) is 7.59. The lowest BCUT2D eigenvalue weighted by atomic mass is 10.1. The lowest BCUT2D eigenvalue weighted by Crippen LogP contribution is -2.36. The van der Waals surface area contributed by atoms with Gasteiger partial charge in [0.2, 0.25) is 5.91 Å². The summed E-state index contributed by atoms with van der Waals surface area (Å²) in [6.45, 7) is 9.88. The molecule has 3 rings (SSSR count). The maximum absolute atomic E-state index is 12.5. The molecule has 0 bridgehead atoms. The maximum atomic E-state index is 12.5. The molecule has 0 unspecified atom stereocenters. The number of benzene rings is 1. The highest BCUT2D eigenvalue weighted by atomic mass is 16.5. The fourth-order valence-electron chi connectivity index (χ4n) is 3.49. The van der Waals surface area contributed by atoms with Crippen molar-refractivity contribution in [2.45, 2.75) is 27.2 Å². The van der Waals surface area contributed by atoms with Gasteiger partial charge in [0, 0.05) is 38.1 Å². The molecule has 1 aliphatic rings. The molecule has 1 fully saturated rings. The number of hydrogen-bond acceptors (Lipinski definition) is 6. The third-order valence-corrected chi connectivity index (χ3v) is 5.33. The van der Waals surface area contributed by atoms with Crippen LogP contribution < -0.4 is 10.2 Å². The van der Waals surface area contributed by atoms with Crippen LogP contribution in [0.15, 0.2) is 36.5 Å². The number of hydrogen-bond donors (Lipinski definition) is 1. The van der Waals surface area contributed by atoms with Crippen LogP contribution >= 0.6 is 0 Å². The largest absolute Gasteiger partial charge is 0.462 e. The smallest absolute Gasteiger partial charge is 0.339 e. The molecule has 7 nitrogen and oxygen atoms in total. The molecule has 30 heavy (non-hydrogen) atoms. The van der Waals surface area contributed by atoms with Gasteiger partial charge in [0.15, 0.2) is 0 Å². The zero-order chi connectivity index (χ0) is 21.5. The summed E-state index contributed by atoms with van der Waals surface area (Å²) in [4.78, 5) is 33.0. The van der Waals surface area contributed by atoms with Crippen LogP contribution in [-0.2, 0) is 9.53 Å². The van der Waals surface area contributed by atoms with Gasteiger partial charge in [-0.15, -0.1) is 0 Å². The summed E-state index contributed by atoms with van der Waals surface area (Å²) < 4.78 is 5.00. The van der Waals surface area contributed by atoms with E-state index in [1.165, 1.54) is 11.1 Å². The average Bonchev–Trinajstić information content (AvgIpc) is 2.96. The van der Waals surface area contributed by atoms with E-state index in [0.29, 0.717) is 18.7 Å². The first-order chi connectivity index (χ1) is 14.5. The van der Waals surface area contributed by atoms with Crippen LogP contribution in [0.2, 0.25) is 0 Å². The fraction of sp³-hybridized carbons (Fsp3) is 0.435. The average molecular weight is 411 g/mol. The number of pyridine rings is 1. The number of aryl methyl sites for hydroxylation is 2. The minimum Gasteiger partial charge on any atom is -0.462 e. The summed E-state index contributed by atoms with van der Waals surface area (Å²) >= 11 is 0. The Hall–Kier alpha value is -2.93. The third-order valence-electron chi connectivity index (χ3n) is 5.33. The van der Waals surface area contributed by atoms with Crippen LogP contribution in [0.3, 0.4) is 0 Å². The van der Waals surface area contributed by atoms with Gasteiger partial charge in [-0.05, 0) is 62.6 Å². The second kappa shape index (κ2) is 10.2. The zero-order valence-corrected chi connectivity index (χ0v) is 18.0. The number of aromatic nitrogens is 1. The Morgan fingerprint density at radius 1 is 1.07 bits per heavy atom. The van der Waals surface area contributed by atoms with Gasteiger partial charge in [-0.1, -0.05) is 6.07 Å². The topological polar surface area (TPSA) is 74.8 Å². The summed E-state index contributed by atoms with van der Waals surface area (Å²) in [5.74, 6) is 0.487. The summed E-state index contributed by atoms with van der Waals surface area (Å²) in [5.41, 5.74) is 3.68. The molecule has 0 aliphatic carbocycles. The molecule has 160 valence electrons. The minimum atomic E-state index is -0.353. The van der Waals surface area contributed by atoms with Crippen LogP contribution in [0.4, 0.5) is 11.5 Å². The van der Waals surface area contributed by atoms with E-state index < -0.39 is 0 Å². The van der Waals surface area contributed by atoms with Gasteiger partial charge in [-0.3, -0.25) is 9.69 Å². The molecule has 0 spiro atoms. The zero-order valence-electron chi connectivity index (χ0n) is 18.0. The van der Waals surface area contributed by atoms with Crippen molar-refractivity contribution in [1.29, 1.82) is 0 Å². The number of amides is 1. The summed E-state index contributed by atoms with van der Waals surface area (Å²) in [7, 11) is 0. The standard InChI is InChI=1S/C23H30N4O3/c1-4-30-23(29)19-7-9-21(24-15-19)27-11-5-10-26(12-13-27)16-22(28)25-20-8-6-17(2)18(3)14-20/h6-9,14-15H,4-5,10-13,16H2,1-3H3,(H,25,28). The van der Waals surface area contributed by atoms with Crippen LogP contribution in [0.25, 0.3) is 0 Å². The van der Waals surface area contributed by atoms with Crippen LogP contribution in [0.5, 0.6) is 0 Å².